The molecular weight excluding hydrogens is 571 g/mol. The molecule has 42 heavy (non-hydrogen) atoms. The third-order valence-corrected chi connectivity index (χ3v) is 8.18. The maximum Gasteiger partial charge on any atom is 0.418 e. The van der Waals surface area contributed by atoms with Gasteiger partial charge < -0.3 is 29.4 Å². The van der Waals surface area contributed by atoms with E-state index in [0.29, 0.717) is 30.2 Å². The number of amides is 2. The van der Waals surface area contributed by atoms with Crippen molar-refractivity contribution in [3.8, 4) is 11.5 Å². The van der Waals surface area contributed by atoms with Gasteiger partial charge in [0.15, 0.2) is 0 Å². The van der Waals surface area contributed by atoms with Crippen molar-refractivity contribution < 1.29 is 32.2 Å². The Morgan fingerprint density at radius 2 is 1.90 bits per heavy atom. The molecule has 0 atom stereocenters. The summed E-state index contributed by atoms with van der Waals surface area (Å²) in [5.41, 5.74) is 0.476. The fraction of sp³-hybridized carbons (Fsp3) is 0.517. The fourth-order valence-corrected chi connectivity index (χ4v) is 5.14. The highest BCUT2D eigenvalue weighted by Gasteiger charge is 2.36. The number of hydrogen-bond donors (Lipinski definition) is 2. The van der Waals surface area contributed by atoms with E-state index in [-0.39, 0.29) is 29.5 Å². The zero-order valence-corrected chi connectivity index (χ0v) is 25.4. The van der Waals surface area contributed by atoms with Crippen molar-refractivity contribution in [3.63, 3.8) is 0 Å². The predicted octanol–water partition coefficient (Wildman–Crippen LogP) is 5.67. The first-order valence-corrected chi connectivity index (χ1v) is 16.9. The first kappa shape index (κ1) is 31.9. The van der Waals surface area contributed by atoms with Gasteiger partial charge in [-0.15, -0.1) is 0 Å². The molecule has 2 N–H and O–H groups in total. The summed E-state index contributed by atoms with van der Waals surface area (Å²) in [7, 11) is -0.786. The summed E-state index contributed by atoms with van der Waals surface area (Å²) >= 11 is 0. The van der Waals surface area contributed by atoms with E-state index in [1.54, 1.807) is 25.1 Å². The lowest BCUT2D eigenvalue weighted by atomic mass is 10.2. The number of nitrogens with one attached hydrogen (secondary N) is 2. The number of hydrogen-bond acceptors (Lipinski definition) is 6. The van der Waals surface area contributed by atoms with Crippen LogP contribution < -0.4 is 15.4 Å². The number of aromatic nitrogens is 2. The molecule has 1 aliphatic heterocycles. The van der Waals surface area contributed by atoms with Gasteiger partial charge in [-0.05, 0) is 68.5 Å². The molecule has 1 fully saturated rings. The number of pyridine rings is 1. The first-order chi connectivity index (χ1) is 19.9. The molecule has 13 heteroatoms. The largest absolute Gasteiger partial charge is 0.456 e. The molecule has 0 bridgehead atoms. The van der Waals surface area contributed by atoms with Gasteiger partial charge in [0.05, 0.1) is 30.8 Å². The molecule has 0 aliphatic carbocycles. The molecule has 4 rings (SSSR count). The highest BCUT2D eigenvalue weighted by Crippen LogP contribution is 2.41. The highest BCUT2D eigenvalue weighted by molar-refractivity contribution is 8.32. The average molecular weight is 612 g/mol. The van der Waals surface area contributed by atoms with E-state index in [4.69, 9.17) is 14.2 Å². The topological polar surface area (TPSA) is 89.9 Å². The number of benzene rings is 1. The Kier molecular flexibility index (Phi) is 10.6. The number of carbonyl (C=O) groups excluding carboxylic acids is 1. The minimum atomic E-state index is -4.61. The van der Waals surface area contributed by atoms with E-state index in [9.17, 15) is 18.0 Å². The number of alkyl halides is 3. The molecule has 2 aromatic heterocycles. The van der Waals surface area contributed by atoms with Gasteiger partial charge in [-0.2, -0.15) is 13.2 Å². The second kappa shape index (κ2) is 14.0. The van der Waals surface area contributed by atoms with E-state index in [0.717, 1.165) is 51.2 Å². The highest BCUT2D eigenvalue weighted by atomic mass is 32.3. The third kappa shape index (κ3) is 9.00. The molecule has 0 radical (unpaired) electrons. The quantitative estimate of drug-likeness (QED) is 0.257. The lowest BCUT2D eigenvalue weighted by molar-refractivity contribution is -0.136. The molecule has 1 aliphatic rings. The Labute approximate surface area is 246 Å². The van der Waals surface area contributed by atoms with Crippen LogP contribution in [0.5, 0.6) is 11.5 Å². The van der Waals surface area contributed by atoms with E-state index < -0.39 is 21.8 Å². The molecule has 232 valence electrons. The van der Waals surface area contributed by atoms with Crippen molar-refractivity contribution in [2.24, 2.45) is 0 Å². The van der Waals surface area contributed by atoms with E-state index in [2.05, 4.69) is 39.3 Å². The van der Waals surface area contributed by atoms with Crippen LogP contribution in [0.3, 0.4) is 0 Å². The SMILES string of the molecule is Cc1cc(NC(=O)NCCCN2CCOCC2)ccc1Oc1ccnc2c1c(C(F)(F)F)cn2COCCS(C)(C)C. The fourth-order valence-electron chi connectivity index (χ4n) is 4.52. The summed E-state index contributed by atoms with van der Waals surface area (Å²) in [6.45, 7) is 6.87. The second-order valence-electron chi connectivity index (χ2n) is 11.1. The van der Waals surface area contributed by atoms with Crippen LogP contribution in [0.25, 0.3) is 11.0 Å². The molecule has 3 aromatic rings. The lowest BCUT2D eigenvalue weighted by Crippen LogP contribution is -2.38. The van der Waals surface area contributed by atoms with Gasteiger partial charge in [0.1, 0.15) is 23.9 Å². The summed E-state index contributed by atoms with van der Waals surface area (Å²) in [5, 5.41) is 5.51. The minimum Gasteiger partial charge on any atom is -0.456 e. The standard InChI is InChI=1S/C29H40F3N5O4S/c1-21-18-22(35-28(38)34-9-5-11-36-12-14-39-15-13-36)6-7-24(21)41-25-8-10-33-27-26(25)23(29(30,31)32)19-37(27)20-40-16-17-42(2,3)4/h6-8,10,18-19H,5,9,11-17,20H2,1-4H3,(H2,34,35,38). The smallest absolute Gasteiger partial charge is 0.418 e. The minimum absolute atomic E-state index is 0.0343. The summed E-state index contributed by atoms with van der Waals surface area (Å²) in [4.78, 5) is 18.9. The van der Waals surface area contributed by atoms with Crippen molar-refractivity contribution in [2.75, 3.05) is 75.8 Å². The van der Waals surface area contributed by atoms with Gasteiger partial charge in [-0.25, -0.2) is 19.8 Å². The predicted molar refractivity (Wildman–Crippen MR) is 161 cm³/mol. The number of rotatable bonds is 12. The van der Waals surface area contributed by atoms with Gasteiger partial charge in [-0.3, -0.25) is 4.90 Å². The molecule has 1 aromatic carbocycles. The molecule has 1 saturated heterocycles. The Hall–Kier alpha value is -3.00. The van der Waals surface area contributed by atoms with Gasteiger partial charge in [0.25, 0.3) is 0 Å². The van der Waals surface area contributed by atoms with Crippen LogP contribution in [0, 0.1) is 6.92 Å². The van der Waals surface area contributed by atoms with Crippen LogP contribution in [0.1, 0.15) is 17.5 Å². The molecule has 0 unspecified atom stereocenters. The maximum atomic E-state index is 14.1. The molecule has 2 amide bonds. The Bertz CT molecular complexity index is 1350. The number of anilines is 1. The Balaban J connectivity index is 1.41. The van der Waals surface area contributed by atoms with Crippen LogP contribution in [-0.2, 0) is 22.4 Å². The number of nitrogens with zero attached hydrogens (tertiary/aromatic N) is 3. The van der Waals surface area contributed by atoms with Crippen LogP contribution in [-0.4, -0.2) is 91.0 Å². The van der Waals surface area contributed by atoms with Crippen LogP contribution in [0.15, 0.2) is 36.7 Å². The number of ether oxygens (including phenoxy) is 3. The maximum absolute atomic E-state index is 14.1. The number of aryl methyl sites for hydroxylation is 1. The molecule has 3 heterocycles. The Morgan fingerprint density at radius 1 is 1.14 bits per heavy atom. The molecular formula is C29H40F3N5O4S. The van der Waals surface area contributed by atoms with Crippen molar-refractivity contribution in [1.29, 1.82) is 0 Å². The molecule has 9 nitrogen and oxygen atoms in total. The van der Waals surface area contributed by atoms with Gasteiger partial charge in [-0.1, -0.05) is 0 Å². The van der Waals surface area contributed by atoms with Crippen molar-refractivity contribution in [2.45, 2.75) is 26.3 Å². The Morgan fingerprint density at radius 3 is 2.60 bits per heavy atom. The van der Waals surface area contributed by atoms with Gasteiger partial charge >= 0.3 is 12.2 Å². The summed E-state index contributed by atoms with van der Waals surface area (Å²) in [6.07, 6.45) is 5.12. The zero-order valence-electron chi connectivity index (χ0n) is 24.6. The summed E-state index contributed by atoms with van der Waals surface area (Å²) in [6, 6.07) is 6.07. The van der Waals surface area contributed by atoms with E-state index in [1.165, 1.54) is 16.8 Å². The number of morpholine rings is 1. The van der Waals surface area contributed by atoms with E-state index in [1.807, 2.05) is 0 Å². The van der Waals surface area contributed by atoms with Crippen molar-refractivity contribution >= 4 is 32.8 Å². The summed E-state index contributed by atoms with van der Waals surface area (Å²) < 4.78 is 60.6. The van der Waals surface area contributed by atoms with Crippen LogP contribution in [0.2, 0.25) is 0 Å². The third-order valence-electron chi connectivity index (χ3n) is 6.79. The first-order valence-electron chi connectivity index (χ1n) is 13.8. The number of fused-ring (bicyclic) bond motifs is 1. The second-order valence-corrected chi connectivity index (χ2v) is 15.7. The van der Waals surface area contributed by atoms with Crippen LogP contribution >= 0.6 is 10.0 Å². The summed E-state index contributed by atoms with van der Waals surface area (Å²) in [5.74, 6) is 1.25. The normalized spacial score (nSPS) is 15.1. The zero-order chi connectivity index (χ0) is 30.3. The lowest BCUT2D eigenvalue weighted by Gasteiger charge is -2.26. The number of urea groups is 1. The van der Waals surface area contributed by atoms with Crippen molar-refractivity contribution in [3.05, 3.63) is 47.8 Å². The van der Waals surface area contributed by atoms with Gasteiger partial charge in [0, 0.05) is 43.5 Å². The van der Waals surface area contributed by atoms with Gasteiger partial charge in [0.2, 0.25) is 0 Å². The number of halogens is 3. The number of carbonyl (C=O) groups is 1. The van der Waals surface area contributed by atoms with Crippen molar-refractivity contribution in [1.82, 2.24) is 19.8 Å². The monoisotopic (exact) mass is 611 g/mol. The average Bonchev–Trinajstić information content (AvgIpc) is 3.31. The molecule has 0 saturated carbocycles. The molecule has 0 spiro atoms. The van der Waals surface area contributed by atoms with Crippen LogP contribution in [0.4, 0.5) is 23.7 Å². The van der Waals surface area contributed by atoms with E-state index >= 15 is 0 Å².